The Balaban J connectivity index is 1.78. The number of pyridine rings is 1. The number of hydrogen-bond acceptors (Lipinski definition) is 5. The van der Waals surface area contributed by atoms with Gasteiger partial charge in [-0.05, 0) is 71.5 Å². The summed E-state index contributed by atoms with van der Waals surface area (Å²) in [6.07, 6.45) is 0.596. The Morgan fingerprint density at radius 2 is 1.85 bits per heavy atom. The van der Waals surface area contributed by atoms with Crippen LogP contribution in [0.15, 0.2) is 42.5 Å². The van der Waals surface area contributed by atoms with Gasteiger partial charge in [0, 0.05) is 42.7 Å². The van der Waals surface area contributed by atoms with Crippen LogP contribution in [0.5, 0.6) is 0 Å². The molecule has 39 heavy (non-hydrogen) atoms. The SMILES string of the molecule is Cc1cc(C(=O)Nc2nc3cccc(C(F)(F)F)c3n2[C@@H]2CCCCN(C(=O)/C=C/CN(C)C)C2)cc(C)n1. The number of likely N-dealkylation sites (N-methyl/N-ethyl adjacent to an activating group) is 1. The fraction of sp³-hybridized carbons (Fsp3) is 0.429. The molecule has 0 unspecified atom stereocenters. The van der Waals surface area contributed by atoms with E-state index in [4.69, 9.17) is 0 Å². The van der Waals surface area contributed by atoms with Crippen LogP contribution < -0.4 is 5.32 Å². The van der Waals surface area contributed by atoms with Crippen molar-refractivity contribution in [1.82, 2.24) is 24.3 Å². The van der Waals surface area contributed by atoms with Crippen LogP contribution in [0.2, 0.25) is 0 Å². The van der Waals surface area contributed by atoms with E-state index < -0.39 is 23.7 Å². The van der Waals surface area contributed by atoms with Gasteiger partial charge in [-0.3, -0.25) is 19.9 Å². The molecule has 1 aliphatic rings. The lowest BCUT2D eigenvalue weighted by Crippen LogP contribution is -2.35. The molecule has 1 saturated heterocycles. The highest BCUT2D eigenvalue weighted by atomic mass is 19.4. The Labute approximate surface area is 225 Å². The first-order valence-corrected chi connectivity index (χ1v) is 12.9. The van der Waals surface area contributed by atoms with Crippen molar-refractivity contribution < 1.29 is 22.8 Å². The number of benzene rings is 1. The van der Waals surface area contributed by atoms with Gasteiger partial charge in [0.2, 0.25) is 11.9 Å². The Kier molecular flexibility index (Phi) is 8.39. The van der Waals surface area contributed by atoms with Crippen molar-refractivity contribution in [3.8, 4) is 0 Å². The number of halogens is 3. The van der Waals surface area contributed by atoms with Gasteiger partial charge in [-0.15, -0.1) is 0 Å². The molecule has 0 radical (unpaired) electrons. The second-order valence-electron chi connectivity index (χ2n) is 10.2. The summed E-state index contributed by atoms with van der Waals surface area (Å²) < 4.78 is 44.0. The summed E-state index contributed by atoms with van der Waals surface area (Å²) >= 11 is 0. The van der Waals surface area contributed by atoms with E-state index in [0.29, 0.717) is 42.9 Å². The zero-order valence-corrected chi connectivity index (χ0v) is 22.5. The van der Waals surface area contributed by atoms with Crippen LogP contribution in [0.4, 0.5) is 19.1 Å². The Bertz CT molecular complexity index is 1380. The molecule has 3 aromatic rings. The monoisotopic (exact) mass is 542 g/mol. The summed E-state index contributed by atoms with van der Waals surface area (Å²) in [5.41, 5.74) is 0.802. The topological polar surface area (TPSA) is 83.4 Å². The first kappa shape index (κ1) is 28.3. The zero-order chi connectivity index (χ0) is 28.3. The van der Waals surface area contributed by atoms with E-state index in [2.05, 4.69) is 15.3 Å². The number of nitrogens with one attached hydrogen (secondary N) is 1. The van der Waals surface area contributed by atoms with Crippen molar-refractivity contribution in [3.05, 3.63) is 65.0 Å². The molecule has 8 nitrogen and oxygen atoms in total. The van der Waals surface area contributed by atoms with Crippen LogP contribution in [0, 0.1) is 13.8 Å². The lowest BCUT2D eigenvalue weighted by molar-refractivity contribution is -0.136. The predicted molar refractivity (Wildman–Crippen MR) is 144 cm³/mol. The van der Waals surface area contributed by atoms with Crippen molar-refractivity contribution in [2.45, 2.75) is 45.3 Å². The number of fused-ring (bicyclic) bond motifs is 1. The number of imidazole rings is 1. The van der Waals surface area contributed by atoms with Gasteiger partial charge in [-0.1, -0.05) is 12.1 Å². The van der Waals surface area contributed by atoms with Gasteiger partial charge >= 0.3 is 6.18 Å². The van der Waals surface area contributed by atoms with E-state index in [1.807, 2.05) is 19.0 Å². The minimum absolute atomic E-state index is 0.0151. The molecule has 0 spiro atoms. The number of aromatic nitrogens is 3. The lowest BCUT2D eigenvalue weighted by Gasteiger charge is -2.27. The van der Waals surface area contributed by atoms with Crippen LogP contribution in [0.25, 0.3) is 11.0 Å². The van der Waals surface area contributed by atoms with Gasteiger partial charge in [0.05, 0.1) is 22.6 Å². The number of carbonyl (C=O) groups is 2. The highest BCUT2D eigenvalue weighted by Gasteiger charge is 2.36. The largest absolute Gasteiger partial charge is 0.418 e. The number of hydrogen-bond donors (Lipinski definition) is 1. The summed E-state index contributed by atoms with van der Waals surface area (Å²) in [5.74, 6) is -0.680. The maximum absolute atomic E-state index is 14.2. The van der Waals surface area contributed by atoms with E-state index in [1.165, 1.54) is 22.8 Å². The third-order valence-corrected chi connectivity index (χ3v) is 6.64. The number of alkyl halides is 3. The van der Waals surface area contributed by atoms with Crippen molar-refractivity contribution in [3.63, 3.8) is 0 Å². The molecule has 208 valence electrons. The average molecular weight is 543 g/mol. The standard InChI is InChI=1S/C28H33F3N6O2/c1-18-15-20(16-19(2)32-18)26(39)34-27-33-23-11-7-10-22(28(29,30)31)25(23)37(27)21-9-5-6-14-36(17-21)24(38)12-8-13-35(3)4/h7-8,10-12,15-16,21H,5-6,9,13-14,17H2,1-4H3,(H,33,34,39)/b12-8+/t21-/m1/s1. The third-order valence-electron chi connectivity index (χ3n) is 6.64. The first-order valence-electron chi connectivity index (χ1n) is 12.9. The smallest absolute Gasteiger partial charge is 0.337 e. The summed E-state index contributed by atoms with van der Waals surface area (Å²) in [6.45, 7) is 4.81. The van der Waals surface area contributed by atoms with Gasteiger partial charge in [0.25, 0.3) is 5.91 Å². The molecule has 0 bridgehead atoms. The molecule has 1 aliphatic heterocycles. The fourth-order valence-corrected chi connectivity index (χ4v) is 4.96. The quantitative estimate of drug-likeness (QED) is 0.444. The number of nitrogens with zero attached hydrogens (tertiary/aromatic N) is 5. The molecule has 4 rings (SSSR count). The number of para-hydroxylation sites is 1. The van der Waals surface area contributed by atoms with Crippen molar-refractivity contribution in [2.24, 2.45) is 0 Å². The second kappa shape index (κ2) is 11.6. The molecule has 2 aromatic heterocycles. The first-order chi connectivity index (χ1) is 18.4. The Morgan fingerprint density at radius 1 is 1.13 bits per heavy atom. The summed E-state index contributed by atoms with van der Waals surface area (Å²) in [7, 11) is 3.78. The van der Waals surface area contributed by atoms with Gasteiger partial charge in [0.1, 0.15) is 0 Å². The third kappa shape index (κ3) is 6.65. The zero-order valence-electron chi connectivity index (χ0n) is 22.5. The molecule has 1 atom stereocenters. The van der Waals surface area contributed by atoms with Crippen LogP contribution in [-0.4, -0.2) is 69.9 Å². The van der Waals surface area contributed by atoms with Gasteiger partial charge in [-0.2, -0.15) is 13.2 Å². The van der Waals surface area contributed by atoms with Crippen LogP contribution in [0.3, 0.4) is 0 Å². The number of likely N-dealkylation sites (tertiary alicyclic amines) is 1. The van der Waals surface area contributed by atoms with Crippen LogP contribution >= 0.6 is 0 Å². The van der Waals surface area contributed by atoms with Crippen LogP contribution in [-0.2, 0) is 11.0 Å². The summed E-state index contributed by atoms with van der Waals surface area (Å²) in [4.78, 5) is 38.5. The number of anilines is 1. The molecule has 1 aromatic carbocycles. The van der Waals surface area contributed by atoms with E-state index in [0.717, 1.165) is 12.5 Å². The fourth-order valence-electron chi connectivity index (χ4n) is 4.96. The van der Waals surface area contributed by atoms with Gasteiger partial charge in [-0.25, -0.2) is 4.98 Å². The molecule has 11 heteroatoms. The highest BCUT2D eigenvalue weighted by molar-refractivity contribution is 6.04. The number of carbonyl (C=O) groups excluding carboxylic acids is 2. The van der Waals surface area contributed by atoms with Crippen molar-refractivity contribution in [1.29, 1.82) is 0 Å². The predicted octanol–water partition coefficient (Wildman–Crippen LogP) is 4.99. The normalized spacial score (nSPS) is 16.7. The maximum atomic E-state index is 14.2. The van der Waals surface area contributed by atoms with Gasteiger partial charge < -0.3 is 14.4 Å². The van der Waals surface area contributed by atoms with Crippen molar-refractivity contribution >= 4 is 28.8 Å². The molecule has 1 fully saturated rings. The van der Waals surface area contributed by atoms with Crippen molar-refractivity contribution in [2.75, 3.05) is 39.0 Å². The number of rotatable bonds is 6. The number of amides is 2. The Morgan fingerprint density at radius 3 is 2.51 bits per heavy atom. The minimum atomic E-state index is -4.63. The molecule has 2 amide bonds. The van der Waals surface area contributed by atoms with Crippen LogP contribution in [0.1, 0.15) is 52.6 Å². The molecule has 3 heterocycles. The van der Waals surface area contributed by atoms with E-state index in [1.54, 1.807) is 37.0 Å². The highest BCUT2D eigenvalue weighted by Crippen LogP contribution is 2.39. The molecule has 0 aliphatic carbocycles. The van der Waals surface area contributed by atoms with E-state index in [-0.39, 0.29) is 29.4 Å². The molecular weight excluding hydrogens is 509 g/mol. The molecule has 0 saturated carbocycles. The van der Waals surface area contributed by atoms with E-state index >= 15 is 0 Å². The van der Waals surface area contributed by atoms with Gasteiger partial charge in [0.15, 0.2) is 0 Å². The number of aryl methyl sites for hydroxylation is 2. The minimum Gasteiger partial charge on any atom is -0.337 e. The summed E-state index contributed by atoms with van der Waals surface area (Å²) in [6, 6.07) is 6.53. The second-order valence-corrected chi connectivity index (χ2v) is 10.2. The van der Waals surface area contributed by atoms with E-state index in [9.17, 15) is 22.8 Å². The molecular formula is C28H33F3N6O2. The summed E-state index contributed by atoms with van der Waals surface area (Å²) in [5, 5.41) is 2.75. The Hall–Kier alpha value is -3.73. The lowest BCUT2D eigenvalue weighted by atomic mass is 10.1. The molecule has 1 N–H and O–H groups in total. The average Bonchev–Trinajstić information content (AvgIpc) is 3.02. The maximum Gasteiger partial charge on any atom is 0.418 e.